The summed E-state index contributed by atoms with van der Waals surface area (Å²) in [5.74, 6) is 1.07. The number of imidazole rings is 1. The summed E-state index contributed by atoms with van der Waals surface area (Å²) in [4.78, 5) is 8.39. The fraction of sp³-hybridized carbons (Fsp3) is 0.350. The first-order valence-electron chi connectivity index (χ1n) is 7.87. The van der Waals surface area contributed by atoms with Crippen molar-refractivity contribution in [3.8, 4) is 0 Å². The van der Waals surface area contributed by atoms with Gasteiger partial charge in [0.15, 0.2) is 0 Å². The molecule has 0 radical (unpaired) electrons. The molecule has 2 aromatic carbocycles. The van der Waals surface area contributed by atoms with Crippen LogP contribution in [0.1, 0.15) is 39.1 Å². The Morgan fingerprint density at radius 3 is 2.50 bits per heavy atom. The van der Waals surface area contributed by atoms with Crippen molar-refractivity contribution in [1.29, 1.82) is 0 Å². The summed E-state index contributed by atoms with van der Waals surface area (Å²) in [6, 6.07) is 10.8. The van der Waals surface area contributed by atoms with Crippen LogP contribution >= 0.6 is 0 Å². The van der Waals surface area contributed by atoms with Gasteiger partial charge >= 0.3 is 0 Å². The van der Waals surface area contributed by atoms with Crippen LogP contribution in [0.5, 0.6) is 0 Å². The van der Waals surface area contributed by atoms with E-state index in [0.29, 0.717) is 0 Å². The quantitative estimate of drug-likeness (QED) is 0.641. The number of hydrogen-bond acceptors (Lipinski definition) is 1. The molecule has 3 aromatic rings. The van der Waals surface area contributed by atoms with E-state index in [0.717, 1.165) is 29.7 Å². The van der Waals surface area contributed by atoms with Gasteiger partial charge in [-0.25, -0.2) is 4.98 Å². The van der Waals surface area contributed by atoms with E-state index < -0.39 is 0 Å². The Bertz CT molecular complexity index is 847. The molecular weight excluding hydrogens is 268 g/mol. The van der Waals surface area contributed by atoms with Crippen molar-refractivity contribution in [2.45, 2.75) is 40.5 Å². The summed E-state index contributed by atoms with van der Waals surface area (Å²) in [6.07, 6.45) is 1.86. The van der Waals surface area contributed by atoms with E-state index in [9.17, 15) is 0 Å². The normalized spacial score (nSPS) is 12.2. The molecule has 1 N–H and O–H groups in total. The highest BCUT2D eigenvalue weighted by atomic mass is 14.9. The van der Waals surface area contributed by atoms with Crippen molar-refractivity contribution in [2.24, 2.45) is 5.41 Å². The summed E-state index contributed by atoms with van der Waals surface area (Å²) < 4.78 is 0. The van der Waals surface area contributed by atoms with E-state index >= 15 is 0 Å². The van der Waals surface area contributed by atoms with Crippen molar-refractivity contribution >= 4 is 21.8 Å². The minimum Gasteiger partial charge on any atom is -0.342 e. The number of aromatic amines is 1. The third-order valence-corrected chi connectivity index (χ3v) is 3.82. The van der Waals surface area contributed by atoms with Crippen molar-refractivity contribution in [1.82, 2.24) is 9.97 Å². The highest BCUT2D eigenvalue weighted by molar-refractivity contribution is 6.06. The fourth-order valence-electron chi connectivity index (χ4n) is 3.03. The number of aromatic nitrogens is 2. The Kier molecular flexibility index (Phi) is 3.56. The standard InChI is InChI=1S/C20H24N2/c1-13(2)10-14-11-17-19(16-9-7-6-8-15(14)16)22-18(21-17)12-20(3,4)5/h6-9,11H,1,10,12H2,2-5H3,(H,21,22). The maximum atomic E-state index is 4.87. The van der Waals surface area contributed by atoms with Crippen LogP contribution in [0.2, 0.25) is 0 Å². The van der Waals surface area contributed by atoms with Crippen LogP contribution in [0, 0.1) is 5.41 Å². The SMILES string of the molecule is C=C(C)Cc1cc2[nH]c(CC(C)(C)C)nc2c2ccccc12. The molecule has 0 saturated heterocycles. The number of allylic oxidation sites excluding steroid dienone is 1. The molecule has 2 heteroatoms. The lowest BCUT2D eigenvalue weighted by molar-refractivity contribution is 0.402. The first-order valence-corrected chi connectivity index (χ1v) is 7.87. The summed E-state index contributed by atoms with van der Waals surface area (Å²) >= 11 is 0. The van der Waals surface area contributed by atoms with Gasteiger partial charge < -0.3 is 4.98 Å². The van der Waals surface area contributed by atoms with Crippen LogP contribution in [0.25, 0.3) is 21.8 Å². The van der Waals surface area contributed by atoms with Crippen LogP contribution in [0.4, 0.5) is 0 Å². The van der Waals surface area contributed by atoms with Gasteiger partial charge in [-0.05, 0) is 35.8 Å². The lowest BCUT2D eigenvalue weighted by Gasteiger charge is -2.15. The molecule has 0 bridgehead atoms. The van der Waals surface area contributed by atoms with Crippen LogP contribution in [0.3, 0.4) is 0 Å². The van der Waals surface area contributed by atoms with E-state index in [1.807, 2.05) is 0 Å². The van der Waals surface area contributed by atoms with Crippen molar-refractivity contribution in [3.63, 3.8) is 0 Å². The van der Waals surface area contributed by atoms with E-state index in [4.69, 9.17) is 4.98 Å². The molecule has 22 heavy (non-hydrogen) atoms. The number of rotatable bonds is 3. The maximum Gasteiger partial charge on any atom is 0.107 e. The number of nitrogens with one attached hydrogen (secondary N) is 1. The lowest BCUT2D eigenvalue weighted by Crippen LogP contribution is -2.10. The average Bonchev–Trinajstić information content (AvgIpc) is 2.78. The predicted octanol–water partition coefficient (Wildman–Crippen LogP) is 5.42. The molecule has 114 valence electrons. The predicted molar refractivity (Wildman–Crippen MR) is 95.3 cm³/mol. The highest BCUT2D eigenvalue weighted by Gasteiger charge is 2.16. The monoisotopic (exact) mass is 292 g/mol. The minimum atomic E-state index is 0.226. The molecule has 0 aliphatic heterocycles. The van der Waals surface area contributed by atoms with Crippen molar-refractivity contribution < 1.29 is 0 Å². The van der Waals surface area contributed by atoms with E-state index in [1.165, 1.54) is 21.9 Å². The van der Waals surface area contributed by atoms with E-state index in [-0.39, 0.29) is 5.41 Å². The Hall–Kier alpha value is -2.09. The summed E-state index contributed by atoms with van der Waals surface area (Å²) in [7, 11) is 0. The minimum absolute atomic E-state index is 0.226. The lowest BCUT2D eigenvalue weighted by atomic mass is 9.92. The van der Waals surface area contributed by atoms with E-state index in [2.05, 4.69) is 69.6 Å². The van der Waals surface area contributed by atoms with Gasteiger partial charge in [-0.15, -0.1) is 0 Å². The summed E-state index contributed by atoms with van der Waals surface area (Å²) in [6.45, 7) is 12.9. The molecule has 0 atom stereocenters. The van der Waals surface area contributed by atoms with Crippen LogP contribution in [0.15, 0.2) is 42.5 Å². The molecule has 0 amide bonds. The first kappa shape index (κ1) is 14.8. The van der Waals surface area contributed by atoms with Gasteiger partial charge in [0, 0.05) is 11.8 Å². The molecule has 0 aliphatic carbocycles. The summed E-state index contributed by atoms with van der Waals surface area (Å²) in [5, 5.41) is 2.51. The smallest absolute Gasteiger partial charge is 0.107 e. The van der Waals surface area contributed by atoms with Gasteiger partial charge in [0.05, 0.1) is 11.0 Å². The zero-order valence-corrected chi connectivity index (χ0v) is 14.0. The second kappa shape index (κ2) is 5.28. The zero-order chi connectivity index (χ0) is 15.9. The third-order valence-electron chi connectivity index (χ3n) is 3.82. The largest absolute Gasteiger partial charge is 0.342 e. The number of benzene rings is 2. The molecule has 2 nitrogen and oxygen atoms in total. The zero-order valence-electron chi connectivity index (χ0n) is 14.0. The first-order chi connectivity index (χ1) is 10.3. The molecular formula is C20H24N2. The molecule has 0 unspecified atom stereocenters. The van der Waals surface area contributed by atoms with Crippen molar-refractivity contribution in [3.05, 3.63) is 53.9 Å². The Balaban J connectivity index is 2.22. The van der Waals surface area contributed by atoms with Gasteiger partial charge in [0.25, 0.3) is 0 Å². The van der Waals surface area contributed by atoms with E-state index in [1.54, 1.807) is 0 Å². The van der Waals surface area contributed by atoms with Crippen LogP contribution in [-0.2, 0) is 12.8 Å². The van der Waals surface area contributed by atoms with Gasteiger partial charge in [-0.3, -0.25) is 0 Å². The van der Waals surface area contributed by atoms with Gasteiger partial charge in [0.1, 0.15) is 5.82 Å². The topological polar surface area (TPSA) is 28.7 Å². The Morgan fingerprint density at radius 2 is 1.86 bits per heavy atom. The Labute approximate surface area is 132 Å². The third kappa shape index (κ3) is 2.92. The Morgan fingerprint density at radius 1 is 1.18 bits per heavy atom. The number of hydrogen-bond donors (Lipinski definition) is 1. The fourth-order valence-corrected chi connectivity index (χ4v) is 3.03. The molecule has 0 fully saturated rings. The molecule has 1 aromatic heterocycles. The molecule has 0 aliphatic rings. The van der Waals surface area contributed by atoms with Crippen LogP contribution in [-0.4, -0.2) is 9.97 Å². The maximum absolute atomic E-state index is 4.87. The molecule has 0 spiro atoms. The average molecular weight is 292 g/mol. The van der Waals surface area contributed by atoms with Crippen LogP contribution < -0.4 is 0 Å². The molecule has 0 saturated carbocycles. The molecule has 3 rings (SSSR count). The van der Waals surface area contributed by atoms with Gasteiger partial charge in [0.2, 0.25) is 0 Å². The number of H-pyrrole nitrogens is 1. The van der Waals surface area contributed by atoms with Gasteiger partial charge in [-0.1, -0.05) is 57.2 Å². The summed E-state index contributed by atoms with van der Waals surface area (Å²) in [5.41, 5.74) is 4.94. The van der Waals surface area contributed by atoms with Gasteiger partial charge in [-0.2, -0.15) is 0 Å². The number of fused-ring (bicyclic) bond motifs is 3. The second-order valence-electron chi connectivity index (χ2n) is 7.53. The number of nitrogens with zero attached hydrogens (tertiary/aromatic N) is 1. The second-order valence-corrected chi connectivity index (χ2v) is 7.53. The van der Waals surface area contributed by atoms with Crippen molar-refractivity contribution in [2.75, 3.05) is 0 Å². The molecule has 1 heterocycles. The highest BCUT2D eigenvalue weighted by Crippen LogP contribution is 2.30.